The number of aliphatic hydroxyl groups excluding tert-OH is 1. The van der Waals surface area contributed by atoms with Gasteiger partial charge < -0.3 is 24.4 Å². The standard InChI is InChI=1S/C22H38N2O4/c1-3-27-22-19(8-7-15-25)17(2)16-20(28-22)21(26)24-13-9-18(10-14-24)23-11-5-4-6-12-23/h16-19,22,25H,3-15H2,1-2H3/t17-,19+,22+/m0/s1. The highest BCUT2D eigenvalue weighted by Gasteiger charge is 2.37. The van der Waals surface area contributed by atoms with E-state index in [2.05, 4.69) is 11.8 Å². The van der Waals surface area contributed by atoms with E-state index in [0.29, 0.717) is 18.4 Å². The van der Waals surface area contributed by atoms with Crippen LogP contribution in [0.5, 0.6) is 0 Å². The van der Waals surface area contributed by atoms with E-state index < -0.39 is 6.29 Å². The normalized spacial score (nSPS) is 30.0. The number of aliphatic hydroxyl groups is 1. The first-order valence-corrected chi connectivity index (χ1v) is 11.3. The van der Waals surface area contributed by atoms with E-state index in [1.165, 1.54) is 32.4 Å². The maximum atomic E-state index is 13.1. The molecule has 0 saturated carbocycles. The molecule has 160 valence electrons. The monoisotopic (exact) mass is 394 g/mol. The zero-order valence-corrected chi connectivity index (χ0v) is 17.6. The summed E-state index contributed by atoms with van der Waals surface area (Å²) in [5.74, 6) is 0.826. The van der Waals surface area contributed by atoms with Crippen LogP contribution >= 0.6 is 0 Å². The van der Waals surface area contributed by atoms with E-state index in [4.69, 9.17) is 14.6 Å². The minimum absolute atomic E-state index is 0.00857. The summed E-state index contributed by atoms with van der Waals surface area (Å²) in [4.78, 5) is 17.7. The Morgan fingerprint density at radius 3 is 2.57 bits per heavy atom. The molecule has 3 heterocycles. The number of likely N-dealkylation sites (tertiary alicyclic amines) is 2. The van der Waals surface area contributed by atoms with Crippen LogP contribution in [0.15, 0.2) is 11.8 Å². The Hall–Kier alpha value is -1.11. The van der Waals surface area contributed by atoms with Crippen molar-refractivity contribution in [1.29, 1.82) is 0 Å². The Balaban J connectivity index is 1.57. The van der Waals surface area contributed by atoms with Gasteiger partial charge in [-0.2, -0.15) is 0 Å². The predicted molar refractivity (Wildman–Crippen MR) is 109 cm³/mol. The third kappa shape index (κ3) is 5.28. The van der Waals surface area contributed by atoms with Crippen LogP contribution in [0.3, 0.4) is 0 Å². The molecular weight excluding hydrogens is 356 g/mol. The number of nitrogens with zero attached hydrogens (tertiary/aromatic N) is 2. The minimum Gasteiger partial charge on any atom is -0.459 e. The molecule has 1 amide bonds. The Bertz CT molecular complexity index is 525. The van der Waals surface area contributed by atoms with Gasteiger partial charge in [-0.1, -0.05) is 13.3 Å². The molecule has 0 aliphatic carbocycles. The van der Waals surface area contributed by atoms with Crippen LogP contribution in [-0.4, -0.2) is 72.5 Å². The van der Waals surface area contributed by atoms with Gasteiger partial charge in [-0.15, -0.1) is 0 Å². The van der Waals surface area contributed by atoms with Crippen LogP contribution < -0.4 is 0 Å². The van der Waals surface area contributed by atoms with Gasteiger partial charge in [0.2, 0.25) is 6.29 Å². The molecule has 2 saturated heterocycles. The third-order valence-corrected chi connectivity index (χ3v) is 6.58. The van der Waals surface area contributed by atoms with Crippen LogP contribution in [0, 0.1) is 11.8 Å². The first kappa shape index (κ1) is 21.6. The third-order valence-electron chi connectivity index (χ3n) is 6.58. The highest BCUT2D eigenvalue weighted by Crippen LogP contribution is 2.33. The van der Waals surface area contributed by atoms with Gasteiger partial charge >= 0.3 is 0 Å². The van der Waals surface area contributed by atoms with E-state index in [-0.39, 0.29) is 24.3 Å². The summed E-state index contributed by atoms with van der Waals surface area (Å²) in [6.45, 7) is 8.84. The molecule has 3 aliphatic heterocycles. The maximum Gasteiger partial charge on any atom is 0.288 e. The molecule has 3 atom stereocenters. The van der Waals surface area contributed by atoms with Gasteiger partial charge in [-0.25, -0.2) is 0 Å². The topological polar surface area (TPSA) is 62.2 Å². The van der Waals surface area contributed by atoms with Gasteiger partial charge in [0.05, 0.1) is 0 Å². The first-order valence-electron chi connectivity index (χ1n) is 11.3. The van der Waals surface area contributed by atoms with Gasteiger partial charge in [-0.3, -0.25) is 4.79 Å². The van der Waals surface area contributed by atoms with Crippen molar-refractivity contribution < 1.29 is 19.4 Å². The van der Waals surface area contributed by atoms with Gasteiger partial charge in [0.25, 0.3) is 5.91 Å². The molecule has 28 heavy (non-hydrogen) atoms. The lowest BCUT2D eigenvalue weighted by atomic mass is 9.86. The summed E-state index contributed by atoms with van der Waals surface area (Å²) in [5.41, 5.74) is 0. The van der Waals surface area contributed by atoms with Crippen LogP contribution in [0.1, 0.15) is 58.8 Å². The van der Waals surface area contributed by atoms with E-state index in [1.54, 1.807) is 0 Å². The molecule has 3 rings (SSSR count). The van der Waals surface area contributed by atoms with Crippen molar-refractivity contribution in [1.82, 2.24) is 9.80 Å². The Labute approximate surface area is 169 Å². The quantitative estimate of drug-likeness (QED) is 0.719. The smallest absolute Gasteiger partial charge is 0.288 e. The summed E-state index contributed by atoms with van der Waals surface area (Å²) >= 11 is 0. The van der Waals surface area contributed by atoms with Crippen molar-refractivity contribution in [3.8, 4) is 0 Å². The average Bonchev–Trinajstić information content (AvgIpc) is 2.73. The minimum atomic E-state index is -0.401. The lowest BCUT2D eigenvalue weighted by Gasteiger charge is -2.41. The molecule has 0 aromatic rings. The number of hydrogen-bond acceptors (Lipinski definition) is 5. The van der Waals surface area contributed by atoms with Crippen molar-refractivity contribution in [2.75, 3.05) is 39.4 Å². The molecule has 0 unspecified atom stereocenters. The summed E-state index contributed by atoms with van der Waals surface area (Å²) in [6, 6.07) is 0.628. The Morgan fingerprint density at radius 1 is 1.21 bits per heavy atom. The fourth-order valence-corrected chi connectivity index (χ4v) is 4.91. The number of hydrogen-bond donors (Lipinski definition) is 1. The molecule has 0 aromatic carbocycles. The molecule has 0 bridgehead atoms. The average molecular weight is 395 g/mol. The van der Waals surface area contributed by atoms with Crippen molar-refractivity contribution in [3.63, 3.8) is 0 Å². The molecule has 1 N–H and O–H groups in total. The Kier molecular flexibility index (Phi) is 8.18. The van der Waals surface area contributed by atoms with Crippen molar-refractivity contribution in [3.05, 3.63) is 11.8 Å². The van der Waals surface area contributed by atoms with E-state index in [1.807, 2.05) is 17.9 Å². The van der Waals surface area contributed by atoms with Crippen molar-refractivity contribution in [2.45, 2.75) is 71.1 Å². The fourth-order valence-electron chi connectivity index (χ4n) is 4.91. The van der Waals surface area contributed by atoms with Crippen molar-refractivity contribution >= 4 is 5.91 Å². The molecule has 0 radical (unpaired) electrons. The molecule has 6 nitrogen and oxygen atoms in total. The van der Waals surface area contributed by atoms with Gasteiger partial charge in [0.15, 0.2) is 5.76 Å². The van der Waals surface area contributed by atoms with E-state index in [9.17, 15) is 4.79 Å². The van der Waals surface area contributed by atoms with E-state index >= 15 is 0 Å². The number of carbonyl (C=O) groups excluding carboxylic acids is 1. The lowest BCUT2D eigenvalue weighted by molar-refractivity contribution is -0.174. The largest absolute Gasteiger partial charge is 0.459 e. The summed E-state index contributed by atoms with van der Waals surface area (Å²) in [7, 11) is 0. The second kappa shape index (κ2) is 10.6. The second-order valence-corrected chi connectivity index (χ2v) is 8.48. The highest BCUT2D eigenvalue weighted by atomic mass is 16.7. The van der Waals surface area contributed by atoms with Crippen LogP contribution in [0.4, 0.5) is 0 Å². The van der Waals surface area contributed by atoms with Crippen LogP contribution in [-0.2, 0) is 14.3 Å². The summed E-state index contributed by atoms with van der Waals surface area (Å²) < 4.78 is 11.8. The lowest BCUT2D eigenvalue weighted by Crippen LogP contribution is -2.49. The van der Waals surface area contributed by atoms with E-state index in [0.717, 1.165) is 38.8 Å². The van der Waals surface area contributed by atoms with Crippen molar-refractivity contribution in [2.24, 2.45) is 11.8 Å². The first-order chi connectivity index (χ1) is 13.6. The predicted octanol–water partition coefficient (Wildman–Crippen LogP) is 2.76. The molecule has 3 aliphatic rings. The van der Waals surface area contributed by atoms with Gasteiger partial charge in [0, 0.05) is 38.3 Å². The van der Waals surface area contributed by atoms with Gasteiger partial charge in [0.1, 0.15) is 0 Å². The summed E-state index contributed by atoms with van der Waals surface area (Å²) in [6.07, 6.45) is 9.23. The molecule has 0 spiro atoms. The fraction of sp³-hybridized carbons (Fsp3) is 0.864. The second-order valence-electron chi connectivity index (χ2n) is 8.48. The Morgan fingerprint density at radius 2 is 1.93 bits per heavy atom. The number of carbonyl (C=O) groups is 1. The van der Waals surface area contributed by atoms with Crippen LogP contribution in [0.25, 0.3) is 0 Å². The molecule has 6 heteroatoms. The number of rotatable bonds is 7. The van der Waals surface area contributed by atoms with Crippen LogP contribution in [0.2, 0.25) is 0 Å². The number of piperidine rings is 2. The number of ether oxygens (including phenoxy) is 2. The summed E-state index contributed by atoms with van der Waals surface area (Å²) in [5, 5.41) is 9.16. The molecule has 0 aromatic heterocycles. The zero-order chi connectivity index (χ0) is 19.9. The number of allylic oxidation sites excluding steroid dienone is 1. The SMILES string of the molecule is CCO[C@@H]1OC(C(=O)N2CCC(N3CCCCC3)CC2)=C[C@H](C)[C@H]1CCCO. The maximum absolute atomic E-state index is 13.1. The molecular formula is C22H38N2O4. The molecule has 2 fully saturated rings. The number of amides is 1. The van der Waals surface area contributed by atoms with Gasteiger partial charge in [-0.05, 0) is 70.5 Å². The zero-order valence-electron chi connectivity index (χ0n) is 17.6. The highest BCUT2D eigenvalue weighted by molar-refractivity contribution is 5.91.